The van der Waals surface area contributed by atoms with Crippen LogP contribution in [-0.2, 0) is 11.3 Å². The highest BCUT2D eigenvalue weighted by molar-refractivity contribution is 6.31. The standard InChI is InChI=1S/C27H22ClN3O/c1-18-11-12-25(19(2)13-18)30-27(32)21(15-29)14-22-17-31(26-10-6-4-8-23(22)26)16-20-7-3-5-9-24(20)28/h3-14,17H,16H2,1-2H3,(H,30,32). The van der Waals surface area contributed by atoms with E-state index in [-0.39, 0.29) is 5.57 Å². The number of nitriles is 1. The number of benzene rings is 3. The number of rotatable bonds is 5. The average molecular weight is 440 g/mol. The number of hydrogen-bond acceptors (Lipinski definition) is 2. The van der Waals surface area contributed by atoms with E-state index in [1.165, 1.54) is 0 Å². The zero-order valence-corrected chi connectivity index (χ0v) is 18.6. The van der Waals surface area contributed by atoms with Crippen LogP contribution in [0.15, 0.2) is 78.5 Å². The van der Waals surface area contributed by atoms with Gasteiger partial charge in [0.25, 0.3) is 5.91 Å². The molecule has 0 aliphatic rings. The first kappa shape index (κ1) is 21.4. The number of amides is 1. The van der Waals surface area contributed by atoms with Crippen LogP contribution in [0, 0.1) is 25.2 Å². The van der Waals surface area contributed by atoms with Gasteiger partial charge in [0, 0.05) is 39.9 Å². The van der Waals surface area contributed by atoms with Crippen molar-refractivity contribution in [3.63, 3.8) is 0 Å². The first-order valence-corrected chi connectivity index (χ1v) is 10.7. The fourth-order valence-corrected chi connectivity index (χ4v) is 3.97. The lowest BCUT2D eigenvalue weighted by Gasteiger charge is -2.08. The van der Waals surface area contributed by atoms with Crippen LogP contribution in [0.4, 0.5) is 5.69 Å². The van der Waals surface area contributed by atoms with Crippen molar-refractivity contribution in [3.8, 4) is 6.07 Å². The minimum Gasteiger partial charge on any atom is -0.342 e. The summed E-state index contributed by atoms with van der Waals surface area (Å²) in [4.78, 5) is 12.8. The molecule has 4 aromatic rings. The molecule has 0 saturated heterocycles. The van der Waals surface area contributed by atoms with E-state index in [0.29, 0.717) is 17.3 Å². The van der Waals surface area contributed by atoms with Crippen molar-refractivity contribution in [1.82, 2.24) is 4.57 Å². The Morgan fingerprint density at radius 3 is 2.59 bits per heavy atom. The normalized spacial score (nSPS) is 11.4. The summed E-state index contributed by atoms with van der Waals surface area (Å²) in [6.45, 7) is 4.52. The summed E-state index contributed by atoms with van der Waals surface area (Å²) in [5, 5.41) is 14.2. The summed E-state index contributed by atoms with van der Waals surface area (Å²) in [7, 11) is 0. The van der Waals surface area contributed by atoms with E-state index in [2.05, 4.69) is 16.0 Å². The Bertz CT molecular complexity index is 1390. The number of fused-ring (bicyclic) bond motifs is 1. The van der Waals surface area contributed by atoms with Gasteiger partial charge in [0.2, 0.25) is 0 Å². The minimum atomic E-state index is -0.428. The first-order valence-electron chi connectivity index (χ1n) is 10.3. The van der Waals surface area contributed by atoms with Gasteiger partial charge in [0.15, 0.2) is 0 Å². The van der Waals surface area contributed by atoms with Crippen LogP contribution in [0.1, 0.15) is 22.3 Å². The third-order valence-electron chi connectivity index (χ3n) is 5.41. The number of aromatic nitrogens is 1. The monoisotopic (exact) mass is 439 g/mol. The number of halogens is 1. The Balaban J connectivity index is 1.69. The lowest BCUT2D eigenvalue weighted by Crippen LogP contribution is -2.14. The summed E-state index contributed by atoms with van der Waals surface area (Å²) >= 11 is 6.36. The fourth-order valence-electron chi connectivity index (χ4n) is 3.78. The summed E-state index contributed by atoms with van der Waals surface area (Å²) in [5.74, 6) is -0.428. The molecule has 1 N–H and O–H groups in total. The van der Waals surface area contributed by atoms with Gasteiger partial charge in [-0.1, -0.05) is 65.7 Å². The molecule has 32 heavy (non-hydrogen) atoms. The highest BCUT2D eigenvalue weighted by Crippen LogP contribution is 2.26. The predicted octanol–water partition coefficient (Wildman–Crippen LogP) is 6.51. The Morgan fingerprint density at radius 1 is 1.09 bits per heavy atom. The fraction of sp³-hybridized carbons (Fsp3) is 0.111. The topological polar surface area (TPSA) is 57.8 Å². The van der Waals surface area contributed by atoms with Gasteiger partial charge in [-0.3, -0.25) is 4.79 Å². The number of carbonyl (C=O) groups excluding carboxylic acids is 1. The maximum Gasteiger partial charge on any atom is 0.266 e. The zero-order chi connectivity index (χ0) is 22.7. The van der Waals surface area contributed by atoms with Gasteiger partial charge < -0.3 is 9.88 Å². The van der Waals surface area contributed by atoms with Gasteiger partial charge in [-0.25, -0.2) is 0 Å². The van der Waals surface area contributed by atoms with Crippen LogP contribution in [0.25, 0.3) is 17.0 Å². The van der Waals surface area contributed by atoms with Crippen LogP contribution in [0.2, 0.25) is 5.02 Å². The number of nitrogens with zero attached hydrogens (tertiary/aromatic N) is 2. The van der Waals surface area contributed by atoms with Crippen LogP contribution < -0.4 is 5.32 Å². The lowest BCUT2D eigenvalue weighted by molar-refractivity contribution is -0.112. The molecule has 0 saturated carbocycles. The molecule has 0 aliphatic heterocycles. The van der Waals surface area contributed by atoms with Crippen molar-refractivity contribution >= 4 is 40.2 Å². The average Bonchev–Trinajstić information content (AvgIpc) is 3.13. The molecule has 0 spiro atoms. The number of nitrogens with one attached hydrogen (secondary N) is 1. The van der Waals surface area contributed by atoms with Crippen molar-refractivity contribution in [2.45, 2.75) is 20.4 Å². The molecule has 1 heterocycles. The third-order valence-corrected chi connectivity index (χ3v) is 5.78. The maximum atomic E-state index is 12.8. The Morgan fingerprint density at radius 2 is 1.84 bits per heavy atom. The largest absolute Gasteiger partial charge is 0.342 e. The van der Waals surface area contributed by atoms with E-state index < -0.39 is 5.91 Å². The SMILES string of the molecule is Cc1ccc(NC(=O)C(C#N)=Cc2cn(Cc3ccccc3Cl)c3ccccc23)c(C)c1. The van der Waals surface area contributed by atoms with Crippen molar-refractivity contribution in [1.29, 1.82) is 5.26 Å². The summed E-state index contributed by atoms with van der Waals surface area (Å²) in [5.41, 5.74) is 5.62. The maximum absolute atomic E-state index is 12.8. The molecular formula is C27H22ClN3O. The molecule has 4 nitrogen and oxygen atoms in total. The Hall–Kier alpha value is -3.81. The molecule has 4 rings (SSSR count). The van der Waals surface area contributed by atoms with Gasteiger partial charge in [0.1, 0.15) is 11.6 Å². The molecule has 0 bridgehead atoms. The van der Waals surface area contributed by atoms with Gasteiger partial charge in [-0.05, 0) is 49.2 Å². The second-order valence-corrected chi connectivity index (χ2v) is 8.17. The summed E-state index contributed by atoms with van der Waals surface area (Å²) < 4.78 is 2.08. The lowest BCUT2D eigenvalue weighted by atomic mass is 10.1. The molecule has 3 aromatic carbocycles. The zero-order valence-electron chi connectivity index (χ0n) is 17.9. The minimum absolute atomic E-state index is 0.0469. The molecule has 158 valence electrons. The van der Waals surface area contributed by atoms with Crippen LogP contribution in [0.5, 0.6) is 0 Å². The second-order valence-electron chi connectivity index (χ2n) is 7.76. The molecule has 0 aliphatic carbocycles. The van der Waals surface area contributed by atoms with E-state index >= 15 is 0 Å². The van der Waals surface area contributed by atoms with E-state index in [9.17, 15) is 10.1 Å². The molecule has 0 fully saturated rings. The van der Waals surface area contributed by atoms with Crippen LogP contribution in [0.3, 0.4) is 0 Å². The van der Waals surface area contributed by atoms with E-state index in [1.54, 1.807) is 6.08 Å². The van der Waals surface area contributed by atoms with E-state index in [1.807, 2.05) is 86.8 Å². The van der Waals surface area contributed by atoms with Crippen molar-refractivity contribution in [3.05, 3.63) is 106 Å². The number of aryl methyl sites for hydroxylation is 2. The molecule has 1 amide bonds. The molecule has 5 heteroatoms. The van der Waals surface area contributed by atoms with Gasteiger partial charge >= 0.3 is 0 Å². The quantitative estimate of drug-likeness (QED) is 0.285. The van der Waals surface area contributed by atoms with Gasteiger partial charge in [0.05, 0.1) is 0 Å². The molecular weight excluding hydrogens is 418 g/mol. The van der Waals surface area contributed by atoms with E-state index in [0.717, 1.165) is 33.2 Å². The third kappa shape index (κ3) is 4.44. The van der Waals surface area contributed by atoms with Crippen LogP contribution in [-0.4, -0.2) is 10.5 Å². The molecule has 0 unspecified atom stereocenters. The summed E-state index contributed by atoms with van der Waals surface area (Å²) in [6, 6.07) is 23.5. The molecule has 1 aromatic heterocycles. The van der Waals surface area contributed by atoms with Gasteiger partial charge in [-0.2, -0.15) is 5.26 Å². The highest BCUT2D eigenvalue weighted by Gasteiger charge is 2.14. The number of hydrogen-bond donors (Lipinski definition) is 1. The second kappa shape index (κ2) is 9.13. The first-order chi connectivity index (χ1) is 15.5. The Kier molecular flexibility index (Phi) is 6.11. The number of anilines is 1. The van der Waals surface area contributed by atoms with Gasteiger partial charge in [-0.15, -0.1) is 0 Å². The predicted molar refractivity (Wildman–Crippen MR) is 131 cm³/mol. The number of carbonyl (C=O) groups is 1. The summed E-state index contributed by atoms with van der Waals surface area (Å²) in [6.07, 6.45) is 3.60. The molecule has 0 radical (unpaired) electrons. The smallest absolute Gasteiger partial charge is 0.266 e. The van der Waals surface area contributed by atoms with Crippen molar-refractivity contribution in [2.24, 2.45) is 0 Å². The molecule has 0 atom stereocenters. The Labute approximate surface area is 192 Å². The van der Waals surface area contributed by atoms with E-state index in [4.69, 9.17) is 11.6 Å². The highest BCUT2D eigenvalue weighted by atomic mass is 35.5. The van der Waals surface area contributed by atoms with Crippen molar-refractivity contribution < 1.29 is 4.79 Å². The van der Waals surface area contributed by atoms with Crippen LogP contribution >= 0.6 is 11.6 Å². The van der Waals surface area contributed by atoms with Crippen molar-refractivity contribution in [2.75, 3.05) is 5.32 Å². The number of para-hydroxylation sites is 1.